The second kappa shape index (κ2) is 6.59. The van der Waals surface area contributed by atoms with E-state index in [1.807, 2.05) is 33.8 Å². The number of nitrogens with zero attached hydrogens (tertiary/aromatic N) is 1. The number of Topliss-reactive ketones (excluding diaryl/α,β-unsaturated/α-hetero) is 1. The minimum atomic E-state index is -0.942. The van der Waals surface area contributed by atoms with Crippen molar-refractivity contribution in [2.24, 2.45) is 0 Å². The van der Waals surface area contributed by atoms with Crippen molar-refractivity contribution in [3.63, 3.8) is 0 Å². The number of aliphatic hydroxyl groups excluding tert-OH is 1. The maximum absolute atomic E-state index is 12.5. The molecule has 0 aliphatic carbocycles. The summed E-state index contributed by atoms with van der Waals surface area (Å²) in [6, 6.07) is 6.94. The summed E-state index contributed by atoms with van der Waals surface area (Å²) in [5.41, 5.74) is -0.704. The van der Waals surface area contributed by atoms with Gasteiger partial charge < -0.3 is 19.5 Å². The Balaban J connectivity index is 1.93. The number of hydrogen-bond acceptors (Lipinski definition) is 5. The summed E-state index contributed by atoms with van der Waals surface area (Å²) < 4.78 is 11.8. The third-order valence-electron chi connectivity index (χ3n) is 5.03. The van der Waals surface area contributed by atoms with Crippen LogP contribution in [0.25, 0.3) is 5.76 Å². The molecule has 2 atom stereocenters. The number of aliphatic hydroxyl groups is 1. The molecule has 3 rings (SSSR count). The zero-order chi connectivity index (χ0) is 20.0. The van der Waals surface area contributed by atoms with Crippen molar-refractivity contribution in [3.05, 3.63) is 35.4 Å². The van der Waals surface area contributed by atoms with Crippen LogP contribution in [0.15, 0.2) is 29.8 Å². The van der Waals surface area contributed by atoms with Crippen LogP contribution in [0.4, 0.5) is 4.79 Å². The largest absolute Gasteiger partial charge is 0.507 e. The average Bonchev–Trinajstić information content (AvgIpc) is 2.52. The molecule has 1 amide bonds. The van der Waals surface area contributed by atoms with Gasteiger partial charge in [-0.05, 0) is 46.8 Å². The molecule has 2 aliphatic heterocycles. The monoisotopic (exact) mass is 373 g/mol. The predicted octanol–water partition coefficient (Wildman–Crippen LogP) is 4.10. The van der Waals surface area contributed by atoms with Gasteiger partial charge in [0.05, 0.1) is 11.1 Å². The van der Waals surface area contributed by atoms with Gasteiger partial charge in [-0.2, -0.15) is 0 Å². The molecule has 27 heavy (non-hydrogen) atoms. The zero-order valence-corrected chi connectivity index (χ0v) is 16.5. The average molecular weight is 373 g/mol. The lowest BCUT2D eigenvalue weighted by Gasteiger charge is -2.47. The second-order valence-corrected chi connectivity index (χ2v) is 8.35. The van der Waals surface area contributed by atoms with E-state index < -0.39 is 11.2 Å². The third kappa shape index (κ3) is 3.53. The molecule has 2 aliphatic rings. The maximum atomic E-state index is 12.5. The van der Waals surface area contributed by atoms with Crippen molar-refractivity contribution in [1.82, 2.24) is 4.90 Å². The summed E-state index contributed by atoms with van der Waals surface area (Å²) in [5, 5.41) is 10.8. The normalized spacial score (nSPS) is 25.1. The molecule has 0 saturated carbocycles. The molecule has 2 heterocycles. The van der Waals surface area contributed by atoms with Gasteiger partial charge in [0.2, 0.25) is 0 Å². The van der Waals surface area contributed by atoms with Gasteiger partial charge in [0.1, 0.15) is 22.7 Å². The van der Waals surface area contributed by atoms with Gasteiger partial charge >= 0.3 is 6.09 Å². The van der Waals surface area contributed by atoms with Crippen molar-refractivity contribution < 1.29 is 24.2 Å². The van der Waals surface area contributed by atoms with E-state index >= 15 is 0 Å². The summed E-state index contributed by atoms with van der Waals surface area (Å²) in [6.45, 7) is 9.21. The predicted molar refractivity (Wildman–Crippen MR) is 102 cm³/mol. The highest BCUT2D eigenvalue weighted by molar-refractivity contribution is 6.03. The molecule has 0 aromatic heterocycles. The van der Waals surface area contributed by atoms with E-state index in [0.29, 0.717) is 30.7 Å². The quantitative estimate of drug-likeness (QED) is 0.802. The molecule has 1 aromatic carbocycles. The van der Waals surface area contributed by atoms with Crippen molar-refractivity contribution in [3.8, 4) is 5.75 Å². The van der Waals surface area contributed by atoms with Crippen LogP contribution in [0, 0.1) is 0 Å². The van der Waals surface area contributed by atoms with E-state index in [0.717, 1.165) is 0 Å². The molecule has 0 radical (unpaired) electrons. The standard InChI is InChI=1S/C21H27NO5/c1-13-12-21(10-11-22(13)19(25)27-20(3,4)5)17(14(2)23)18(24)15-8-6-7-9-16(15)26-21/h6-9,13,24H,10-12H2,1-5H3/t13-,21+/m0/s1. The first kappa shape index (κ1) is 19.3. The van der Waals surface area contributed by atoms with Gasteiger partial charge in [-0.1, -0.05) is 12.1 Å². The summed E-state index contributed by atoms with van der Waals surface area (Å²) >= 11 is 0. The van der Waals surface area contributed by atoms with Gasteiger partial charge in [0.15, 0.2) is 5.78 Å². The van der Waals surface area contributed by atoms with Crippen LogP contribution in [0.2, 0.25) is 0 Å². The first-order valence-corrected chi connectivity index (χ1v) is 9.27. The number of ketones is 1. The van der Waals surface area contributed by atoms with Crippen LogP contribution in [0.1, 0.15) is 53.0 Å². The van der Waals surface area contributed by atoms with Crippen LogP contribution in [0.3, 0.4) is 0 Å². The molecule has 1 saturated heterocycles. The Kier molecular flexibility index (Phi) is 4.70. The van der Waals surface area contributed by atoms with E-state index in [1.54, 1.807) is 23.1 Å². The number of carbonyl (C=O) groups excluding carboxylic acids is 2. The van der Waals surface area contributed by atoms with Gasteiger partial charge in [0, 0.05) is 25.4 Å². The zero-order valence-electron chi connectivity index (χ0n) is 16.5. The Morgan fingerprint density at radius 1 is 1.30 bits per heavy atom. The Hall–Kier alpha value is -2.50. The van der Waals surface area contributed by atoms with E-state index in [1.165, 1.54) is 6.92 Å². The smallest absolute Gasteiger partial charge is 0.410 e. The van der Waals surface area contributed by atoms with Crippen molar-refractivity contribution in [1.29, 1.82) is 0 Å². The van der Waals surface area contributed by atoms with Gasteiger partial charge in [-0.15, -0.1) is 0 Å². The minimum absolute atomic E-state index is 0.0257. The topological polar surface area (TPSA) is 76.1 Å². The lowest BCUT2D eigenvalue weighted by molar-refractivity contribution is -0.116. The lowest BCUT2D eigenvalue weighted by Crippen LogP contribution is -2.57. The number of fused-ring (bicyclic) bond motifs is 1. The number of benzene rings is 1. The Bertz CT molecular complexity index is 807. The fraction of sp³-hybridized carbons (Fsp3) is 0.524. The molecule has 6 nitrogen and oxygen atoms in total. The van der Waals surface area contributed by atoms with E-state index in [2.05, 4.69) is 0 Å². The Morgan fingerprint density at radius 3 is 2.56 bits per heavy atom. The molecule has 1 spiro atoms. The molecule has 1 fully saturated rings. The summed E-state index contributed by atoms with van der Waals surface area (Å²) in [7, 11) is 0. The number of likely N-dealkylation sites (tertiary alicyclic amines) is 1. The van der Waals surface area contributed by atoms with Crippen LogP contribution >= 0.6 is 0 Å². The minimum Gasteiger partial charge on any atom is -0.507 e. The lowest BCUT2D eigenvalue weighted by atomic mass is 9.76. The first-order chi connectivity index (χ1) is 12.5. The number of hydrogen-bond donors (Lipinski definition) is 1. The second-order valence-electron chi connectivity index (χ2n) is 8.35. The highest BCUT2D eigenvalue weighted by Gasteiger charge is 2.50. The fourth-order valence-electron chi connectivity index (χ4n) is 3.97. The third-order valence-corrected chi connectivity index (χ3v) is 5.03. The number of para-hydroxylation sites is 1. The number of carbonyl (C=O) groups is 2. The van der Waals surface area contributed by atoms with E-state index in [-0.39, 0.29) is 29.3 Å². The Labute approximate surface area is 159 Å². The molecular weight excluding hydrogens is 346 g/mol. The van der Waals surface area contributed by atoms with Gasteiger partial charge in [-0.25, -0.2) is 4.79 Å². The van der Waals surface area contributed by atoms with Crippen molar-refractivity contribution in [2.45, 2.75) is 64.7 Å². The first-order valence-electron chi connectivity index (χ1n) is 9.27. The van der Waals surface area contributed by atoms with Gasteiger partial charge in [-0.3, -0.25) is 4.79 Å². The molecule has 6 heteroatoms. The number of rotatable bonds is 1. The summed E-state index contributed by atoms with van der Waals surface area (Å²) in [5.74, 6) is 0.306. The Morgan fingerprint density at radius 2 is 1.96 bits per heavy atom. The highest BCUT2D eigenvalue weighted by Crippen LogP contribution is 2.46. The number of ether oxygens (including phenoxy) is 2. The van der Waals surface area contributed by atoms with Crippen molar-refractivity contribution >= 4 is 17.6 Å². The SMILES string of the molecule is CC(=O)C1=C(O)c2ccccc2O[C@@]12CCN(C(=O)OC(C)(C)C)[C@@H](C)C2. The van der Waals surface area contributed by atoms with Crippen LogP contribution in [0.5, 0.6) is 5.75 Å². The maximum Gasteiger partial charge on any atom is 0.410 e. The molecule has 0 bridgehead atoms. The van der Waals surface area contributed by atoms with E-state index in [9.17, 15) is 14.7 Å². The van der Waals surface area contributed by atoms with Crippen LogP contribution in [-0.2, 0) is 9.53 Å². The molecule has 1 aromatic rings. The van der Waals surface area contributed by atoms with Crippen LogP contribution < -0.4 is 4.74 Å². The van der Waals surface area contributed by atoms with Gasteiger partial charge in [0.25, 0.3) is 0 Å². The summed E-state index contributed by atoms with van der Waals surface area (Å²) in [4.78, 5) is 26.6. The van der Waals surface area contributed by atoms with Crippen molar-refractivity contribution in [2.75, 3.05) is 6.54 Å². The highest BCUT2D eigenvalue weighted by atomic mass is 16.6. The van der Waals surface area contributed by atoms with Crippen LogP contribution in [-0.4, -0.2) is 45.7 Å². The molecule has 146 valence electrons. The number of amides is 1. The number of piperidine rings is 1. The summed E-state index contributed by atoms with van der Waals surface area (Å²) in [6.07, 6.45) is 0.433. The molecular formula is C21H27NO5. The molecule has 1 N–H and O–H groups in total. The molecule has 0 unspecified atom stereocenters. The fourth-order valence-corrected chi connectivity index (χ4v) is 3.97. The van der Waals surface area contributed by atoms with E-state index in [4.69, 9.17) is 9.47 Å².